The third-order valence-corrected chi connectivity index (χ3v) is 10.8. The smallest absolute Gasteiger partial charge is 0.410 e. The van der Waals surface area contributed by atoms with Gasteiger partial charge in [0.25, 0.3) is 6.43 Å². The van der Waals surface area contributed by atoms with Gasteiger partial charge in [-0.15, -0.1) is 11.3 Å². The fourth-order valence-electron chi connectivity index (χ4n) is 6.90. The Hall–Kier alpha value is -4.41. The average Bonchev–Trinajstić information content (AvgIpc) is 3.48. The van der Waals surface area contributed by atoms with Crippen molar-refractivity contribution in [2.24, 2.45) is 0 Å². The highest BCUT2D eigenvalue weighted by Gasteiger charge is 2.50. The molecule has 5 aliphatic rings. The van der Waals surface area contributed by atoms with Crippen LogP contribution in [0.15, 0.2) is 41.9 Å². The number of carbonyl (C=O) groups is 2. The molecule has 3 aromatic heterocycles. The number of hydrogen-bond acceptors (Lipinski definition) is 12. The normalized spacial score (nSPS) is 24.4. The number of aromatic nitrogens is 3. The Morgan fingerprint density at radius 3 is 2.70 bits per heavy atom. The van der Waals surface area contributed by atoms with Gasteiger partial charge in [-0.25, -0.2) is 33.3 Å². The van der Waals surface area contributed by atoms with Crippen molar-refractivity contribution in [1.82, 2.24) is 19.9 Å². The van der Waals surface area contributed by atoms with Crippen molar-refractivity contribution >= 4 is 40.5 Å². The first-order valence-electron chi connectivity index (χ1n) is 16.7. The molecule has 1 aliphatic carbocycles. The number of morpholine rings is 1. The summed E-state index contributed by atoms with van der Waals surface area (Å²) in [7, 11) is 0. The molecule has 264 valence electrons. The number of hydrogen-bond donors (Lipinski definition) is 1. The third kappa shape index (κ3) is 6.24. The predicted octanol–water partition coefficient (Wildman–Crippen LogP) is 4.64. The average molecular weight is 711 g/mol. The van der Waals surface area contributed by atoms with Crippen LogP contribution in [0.4, 0.5) is 25.1 Å². The first kappa shape index (κ1) is 32.8. The molecule has 1 N–H and O–H groups in total. The van der Waals surface area contributed by atoms with Gasteiger partial charge in [0.2, 0.25) is 5.88 Å². The molecule has 1 amide bonds. The van der Waals surface area contributed by atoms with Crippen LogP contribution in [0.2, 0.25) is 0 Å². The highest BCUT2D eigenvalue weighted by atomic mass is 32.1. The van der Waals surface area contributed by atoms with Crippen molar-refractivity contribution in [3.63, 3.8) is 0 Å². The summed E-state index contributed by atoms with van der Waals surface area (Å²) in [5.41, 5.74) is 2.28. The Labute approximate surface area is 290 Å². The Morgan fingerprint density at radius 1 is 1.16 bits per heavy atom. The lowest BCUT2D eigenvalue weighted by atomic mass is 9.90. The van der Waals surface area contributed by atoms with Gasteiger partial charge >= 0.3 is 12.1 Å². The summed E-state index contributed by atoms with van der Waals surface area (Å²) >= 11 is 1.34. The maximum atomic E-state index is 13.9. The molecule has 3 atom stereocenters. The van der Waals surface area contributed by atoms with Crippen LogP contribution in [0.5, 0.6) is 5.88 Å². The molecule has 0 aromatic carbocycles. The highest BCUT2D eigenvalue weighted by molar-refractivity contribution is 7.13. The quantitative estimate of drug-likeness (QED) is 0.331. The lowest BCUT2D eigenvalue weighted by Crippen LogP contribution is -2.68. The van der Waals surface area contributed by atoms with Gasteiger partial charge in [0.15, 0.2) is 5.82 Å². The molecular formula is C34H36F2N6O7S. The van der Waals surface area contributed by atoms with Crippen molar-refractivity contribution in [3.8, 4) is 16.5 Å². The number of thiophene rings is 1. The molecule has 4 fully saturated rings. The SMILES string of the molecule is C[C@@H]1N(c2cc(C3=CCN(C(=O)OC4CC4)C3)cnc2O[C@H]2C[C@@H](C(=O)O)N(c3cc(-c4cccs4)nc(C(F)F)n3)C2)CCOC12COC2. The van der Waals surface area contributed by atoms with E-state index in [1.807, 2.05) is 17.5 Å². The topological polar surface area (TPSA) is 140 Å². The van der Waals surface area contributed by atoms with Crippen LogP contribution in [0.1, 0.15) is 44.0 Å². The van der Waals surface area contributed by atoms with E-state index in [1.165, 1.54) is 16.2 Å². The Kier molecular flexibility index (Phi) is 8.55. The van der Waals surface area contributed by atoms with Gasteiger partial charge in [0.1, 0.15) is 35.4 Å². The number of pyridine rings is 1. The zero-order valence-corrected chi connectivity index (χ0v) is 28.1. The number of carbonyl (C=O) groups excluding carboxylic acids is 1. The minimum Gasteiger partial charge on any atom is -0.480 e. The van der Waals surface area contributed by atoms with E-state index in [4.69, 9.17) is 23.9 Å². The van der Waals surface area contributed by atoms with E-state index in [-0.39, 0.29) is 37.0 Å². The van der Waals surface area contributed by atoms with Crippen LogP contribution in [-0.4, -0.2) is 113 Å². The summed E-state index contributed by atoms with van der Waals surface area (Å²) in [6, 6.07) is 5.91. The standard InChI is InChI=1S/C34H36F2N6O7S/c1-19-34(17-46-18-34)47-9-8-41(19)25-11-21(20-6-7-40(15-20)33(45)49-22-4-5-22)14-37-31(25)48-23-12-26(32(43)44)42(16-23)28-13-24(27-3-2-10-50-27)38-30(39-28)29(35)36/h2-3,6,10-11,13-14,19,22-23,26,29H,4-5,7-9,12,15-18H2,1H3,(H,43,44)/t19-,23-,26-/m0/s1. The third-order valence-electron chi connectivity index (χ3n) is 9.94. The second-order valence-electron chi connectivity index (χ2n) is 13.2. The first-order chi connectivity index (χ1) is 24.2. The monoisotopic (exact) mass is 710 g/mol. The number of anilines is 2. The van der Waals surface area contributed by atoms with Gasteiger partial charge in [-0.2, -0.15) is 0 Å². The molecular weight excluding hydrogens is 674 g/mol. The summed E-state index contributed by atoms with van der Waals surface area (Å²) in [6.45, 7) is 4.90. The molecule has 8 rings (SSSR count). The minimum atomic E-state index is -2.94. The van der Waals surface area contributed by atoms with Crippen LogP contribution in [0.3, 0.4) is 0 Å². The molecule has 3 aromatic rings. The van der Waals surface area contributed by atoms with Crippen LogP contribution in [0, 0.1) is 0 Å². The number of carboxylic acids is 1. The summed E-state index contributed by atoms with van der Waals surface area (Å²) in [6.07, 6.45) is 1.65. The molecule has 13 nitrogen and oxygen atoms in total. The van der Waals surface area contributed by atoms with E-state index in [1.54, 1.807) is 29.3 Å². The summed E-state index contributed by atoms with van der Waals surface area (Å²) < 4.78 is 51.6. The molecule has 0 bridgehead atoms. The van der Waals surface area contributed by atoms with Crippen LogP contribution < -0.4 is 14.5 Å². The number of aliphatic carboxylic acids is 1. The summed E-state index contributed by atoms with van der Waals surface area (Å²) in [5, 5.41) is 12.0. The van der Waals surface area contributed by atoms with Gasteiger partial charge in [-0.05, 0) is 48.4 Å². The summed E-state index contributed by atoms with van der Waals surface area (Å²) in [5.74, 6) is -1.39. The maximum Gasteiger partial charge on any atom is 0.410 e. The lowest BCUT2D eigenvalue weighted by molar-refractivity contribution is -0.228. The van der Waals surface area contributed by atoms with E-state index in [0.29, 0.717) is 61.6 Å². The zero-order chi connectivity index (χ0) is 34.6. The first-order valence-corrected chi connectivity index (χ1v) is 17.6. The molecule has 1 saturated carbocycles. The fraction of sp³-hybridized carbons (Fsp3) is 0.500. The number of rotatable bonds is 9. The Bertz CT molecular complexity index is 1800. The number of nitrogens with zero attached hydrogens (tertiary/aromatic N) is 6. The molecule has 7 heterocycles. The van der Waals surface area contributed by atoms with Gasteiger partial charge in [-0.1, -0.05) is 12.1 Å². The molecule has 0 radical (unpaired) electrons. The van der Waals surface area contributed by atoms with Crippen LogP contribution in [0.25, 0.3) is 16.1 Å². The number of alkyl halides is 2. The molecule has 1 spiro atoms. The Balaban J connectivity index is 1.08. The number of halogens is 2. The molecule has 50 heavy (non-hydrogen) atoms. The fourth-order valence-corrected chi connectivity index (χ4v) is 7.58. The molecule has 4 aliphatic heterocycles. The minimum absolute atomic E-state index is 0.0119. The van der Waals surface area contributed by atoms with E-state index in [2.05, 4.69) is 21.8 Å². The van der Waals surface area contributed by atoms with E-state index >= 15 is 0 Å². The number of ether oxygens (including phenoxy) is 4. The van der Waals surface area contributed by atoms with Crippen molar-refractivity contribution in [2.45, 2.75) is 62.5 Å². The van der Waals surface area contributed by atoms with E-state index < -0.39 is 36.0 Å². The van der Waals surface area contributed by atoms with Crippen molar-refractivity contribution in [2.75, 3.05) is 55.8 Å². The zero-order valence-electron chi connectivity index (χ0n) is 27.2. The molecule has 0 unspecified atom stereocenters. The lowest BCUT2D eigenvalue weighted by Gasteiger charge is -2.53. The van der Waals surface area contributed by atoms with Gasteiger partial charge in [0, 0.05) is 38.3 Å². The van der Waals surface area contributed by atoms with E-state index in [0.717, 1.165) is 24.0 Å². The van der Waals surface area contributed by atoms with E-state index in [9.17, 15) is 23.5 Å². The second kappa shape index (κ2) is 13.0. The predicted molar refractivity (Wildman–Crippen MR) is 178 cm³/mol. The Morgan fingerprint density at radius 2 is 2.00 bits per heavy atom. The molecule has 3 saturated heterocycles. The van der Waals surface area contributed by atoms with Crippen LogP contribution >= 0.6 is 11.3 Å². The van der Waals surface area contributed by atoms with Crippen molar-refractivity contribution < 1.29 is 42.4 Å². The largest absolute Gasteiger partial charge is 0.480 e. The number of carboxylic acid groups (broad SMARTS) is 1. The maximum absolute atomic E-state index is 13.9. The second-order valence-corrected chi connectivity index (χ2v) is 14.2. The van der Waals surface area contributed by atoms with Gasteiger partial charge in [0.05, 0.1) is 43.0 Å². The number of amides is 1. The van der Waals surface area contributed by atoms with Crippen molar-refractivity contribution in [3.05, 3.63) is 53.3 Å². The van der Waals surface area contributed by atoms with Crippen molar-refractivity contribution in [1.29, 1.82) is 0 Å². The summed E-state index contributed by atoms with van der Waals surface area (Å²) in [4.78, 5) is 44.1. The van der Waals surface area contributed by atoms with Crippen LogP contribution in [-0.2, 0) is 19.0 Å². The molecule has 16 heteroatoms. The van der Waals surface area contributed by atoms with Gasteiger partial charge in [-0.3, -0.25) is 0 Å². The van der Waals surface area contributed by atoms with Gasteiger partial charge < -0.3 is 38.8 Å². The highest BCUT2D eigenvalue weighted by Crippen LogP contribution is 2.41.